The van der Waals surface area contributed by atoms with Crippen LogP contribution in [0.2, 0.25) is 0 Å². The van der Waals surface area contributed by atoms with Crippen molar-refractivity contribution in [2.24, 2.45) is 11.3 Å². The number of aliphatic hydroxyl groups excluding tert-OH is 2. The molecule has 0 unspecified atom stereocenters. The van der Waals surface area contributed by atoms with Crippen LogP contribution in [-0.4, -0.2) is 48.0 Å². The van der Waals surface area contributed by atoms with Crippen molar-refractivity contribution in [3.8, 4) is 0 Å². The molecule has 2 N–H and O–H groups in total. The van der Waals surface area contributed by atoms with Crippen molar-refractivity contribution in [2.75, 3.05) is 32.8 Å². The Bertz CT molecular complexity index is 186. The number of rotatable bonds is 3. The van der Waals surface area contributed by atoms with Gasteiger partial charge in [0.1, 0.15) is 0 Å². The zero-order valence-corrected chi connectivity index (χ0v) is 8.08. The van der Waals surface area contributed by atoms with Gasteiger partial charge in [-0.1, -0.05) is 6.42 Å². The van der Waals surface area contributed by atoms with Gasteiger partial charge in [0.25, 0.3) is 0 Å². The van der Waals surface area contributed by atoms with Crippen LogP contribution in [0.1, 0.15) is 19.3 Å². The van der Waals surface area contributed by atoms with E-state index in [1.807, 2.05) is 0 Å². The van der Waals surface area contributed by atoms with Crippen molar-refractivity contribution in [3.63, 3.8) is 0 Å². The third-order valence-corrected chi connectivity index (χ3v) is 3.84. The number of aliphatic hydroxyl groups is 2. The van der Waals surface area contributed by atoms with Gasteiger partial charge in [-0.15, -0.1) is 0 Å². The van der Waals surface area contributed by atoms with Crippen molar-refractivity contribution in [1.82, 2.24) is 4.90 Å². The average Bonchev–Trinajstić information content (AvgIpc) is 2.61. The molecule has 0 aromatic carbocycles. The molecule has 76 valence electrons. The number of hydrogen-bond donors (Lipinski definition) is 2. The lowest BCUT2D eigenvalue weighted by molar-refractivity contribution is 0.109. The fraction of sp³-hybridized carbons (Fsp3) is 1.00. The first-order chi connectivity index (χ1) is 6.30. The summed E-state index contributed by atoms with van der Waals surface area (Å²) in [6.07, 6.45) is 3.72. The van der Waals surface area contributed by atoms with Crippen LogP contribution >= 0.6 is 0 Å². The van der Waals surface area contributed by atoms with E-state index in [-0.39, 0.29) is 12.0 Å². The maximum absolute atomic E-state index is 9.42. The Morgan fingerprint density at radius 2 is 2.23 bits per heavy atom. The Morgan fingerprint density at radius 3 is 2.85 bits per heavy atom. The molecule has 1 saturated heterocycles. The zero-order valence-electron chi connectivity index (χ0n) is 8.08. The molecule has 2 rings (SSSR count). The predicted molar refractivity (Wildman–Crippen MR) is 50.4 cm³/mol. The highest BCUT2D eigenvalue weighted by molar-refractivity contribution is 5.00. The first kappa shape index (κ1) is 9.44. The molecule has 1 heterocycles. The topological polar surface area (TPSA) is 43.7 Å². The lowest BCUT2D eigenvalue weighted by Gasteiger charge is -2.25. The van der Waals surface area contributed by atoms with E-state index < -0.39 is 0 Å². The molecule has 0 aromatic rings. The van der Waals surface area contributed by atoms with Gasteiger partial charge in [-0.05, 0) is 18.8 Å². The molecule has 3 heteroatoms. The van der Waals surface area contributed by atoms with E-state index in [0.29, 0.717) is 12.5 Å². The Balaban J connectivity index is 2.00. The van der Waals surface area contributed by atoms with Crippen LogP contribution in [-0.2, 0) is 0 Å². The van der Waals surface area contributed by atoms with Crippen molar-refractivity contribution in [1.29, 1.82) is 0 Å². The largest absolute Gasteiger partial charge is 0.396 e. The smallest absolute Gasteiger partial charge is 0.0558 e. The molecule has 1 aliphatic heterocycles. The minimum Gasteiger partial charge on any atom is -0.396 e. The number of likely N-dealkylation sites (tertiary alicyclic amines) is 1. The second kappa shape index (κ2) is 3.56. The van der Waals surface area contributed by atoms with Crippen LogP contribution < -0.4 is 0 Å². The number of nitrogens with zero attached hydrogens (tertiary/aromatic N) is 1. The molecule has 0 aromatic heterocycles. The monoisotopic (exact) mass is 185 g/mol. The SMILES string of the molecule is OCCN1C[C@H]2CCC[C@]2(CO)C1. The van der Waals surface area contributed by atoms with Gasteiger partial charge < -0.3 is 15.1 Å². The van der Waals surface area contributed by atoms with Crippen LogP contribution in [0, 0.1) is 11.3 Å². The third-order valence-electron chi connectivity index (χ3n) is 3.84. The molecule has 0 radical (unpaired) electrons. The summed E-state index contributed by atoms with van der Waals surface area (Å²) in [4.78, 5) is 2.29. The molecular formula is C10H19NO2. The molecular weight excluding hydrogens is 166 g/mol. The summed E-state index contributed by atoms with van der Waals surface area (Å²) in [5, 5.41) is 18.3. The molecule has 0 bridgehead atoms. The molecule has 3 nitrogen and oxygen atoms in total. The number of fused-ring (bicyclic) bond motifs is 1. The van der Waals surface area contributed by atoms with Crippen LogP contribution in [0.15, 0.2) is 0 Å². The Hall–Kier alpha value is -0.120. The van der Waals surface area contributed by atoms with Gasteiger partial charge in [-0.3, -0.25) is 0 Å². The summed E-state index contributed by atoms with van der Waals surface area (Å²) in [5.74, 6) is 0.684. The lowest BCUT2D eigenvalue weighted by Crippen LogP contribution is -2.31. The standard InChI is InChI=1S/C10H19NO2/c12-5-4-11-6-9-2-1-3-10(9,7-11)8-13/h9,12-13H,1-8H2/t9-,10-/m1/s1. The highest BCUT2D eigenvalue weighted by atomic mass is 16.3. The summed E-state index contributed by atoms with van der Waals surface area (Å²) in [6, 6.07) is 0. The number of hydrogen-bond acceptors (Lipinski definition) is 3. The van der Waals surface area contributed by atoms with E-state index in [4.69, 9.17) is 5.11 Å². The van der Waals surface area contributed by atoms with Crippen molar-refractivity contribution < 1.29 is 10.2 Å². The molecule has 1 saturated carbocycles. The van der Waals surface area contributed by atoms with Gasteiger partial charge in [-0.2, -0.15) is 0 Å². The molecule has 0 amide bonds. The van der Waals surface area contributed by atoms with Crippen LogP contribution in [0.4, 0.5) is 0 Å². The molecule has 0 spiro atoms. The molecule has 1 aliphatic carbocycles. The first-order valence-corrected chi connectivity index (χ1v) is 5.25. The summed E-state index contributed by atoms with van der Waals surface area (Å²) >= 11 is 0. The third kappa shape index (κ3) is 1.49. The Labute approximate surface area is 79.4 Å². The highest BCUT2D eigenvalue weighted by Gasteiger charge is 2.48. The minimum atomic E-state index is 0.190. The summed E-state index contributed by atoms with van der Waals surface area (Å²) in [5.41, 5.74) is 0.190. The molecule has 2 aliphatic rings. The van der Waals surface area contributed by atoms with E-state index in [9.17, 15) is 5.11 Å². The Kier molecular flexibility index (Phi) is 2.58. The fourth-order valence-electron chi connectivity index (χ4n) is 3.10. The summed E-state index contributed by atoms with van der Waals surface area (Å²) < 4.78 is 0. The normalized spacial score (nSPS) is 39.7. The minimum absolute atomic E-state index is 0.190. The van der Waals surface area contributed by atoms with E-state index >= 15 is 0 Å². The van der Waals surface area contributed by atoms with Crippen LogP contribution in [0.25, 0.3) is 0 Å². The van der Waals surface area contributed by atoms with Gasteiger partial charge in [0.2, 0.25) is 0 Å². The molecule has 2 atom stereocenters. The maximum atomic E-state index is 9.42. The predicted octanol–water partition coefficient (Wildman–Crippen LogP) is 0.0731. The second-order valence-corrected chi connectivity index (χ2v) is 4.57. The Morgan fingerprint density at radius 1 is 1.38 bits per heavy atom. The quantitative estimate of drug-likeness (QED) is 0.654. The van der Waals surface area contributed by atoms with Crippen molar-refractivity contribution in [2.45, 2.75) is 19.3 Å². The zero-order chi connectivity index (χ0) is 9.31. The van der Waals surface area contributed by atoms with Crippen LogP contribution in [0.5, 0.6) is 0 Å². The van der Waals surface area contributed by atoms with Crippen molar-refractivity contribution in [3.05, 3.63) is 0 Å². The lowest BCUT2D eigenvalue weighted by atomic mass is 9.82. The molecule has 13 heavy (non-hydrogen) atoms. The van der Waals surface area contributed by atoms with Gasteiger partial charge in [0.15, 0.2) is 0 Å². The van der Waals surface area contributed by atoms with E-state index in [1.165, 1.54) is 19.3 Å². The van der Waals surface area contributed by atoms with Gasteiger partial charge >= 0.3 is 0 Å². The highest BCUT2D eigenvalue weighted by Crippen LogP contribution is 2.47. The average molecular weight is 185 g/mol. The number of β-amino-alcohol motifs (C(OH)–C–C–N with tert-alkyl or cyclic N) is 1. The van der Waals surface area contributed by atoms with Crippen LogP contribution in [0.3, 0.4) is 0 Å². The van der Waals surface area contributed by atoms with Gasteiger partial charge in [0, 0.05) is 25.0 Å². The molecule has 2 fully saturated rings. The summed E-state index contributed by atoms with van der Waals surface area (Å²) in [6.45, 7) is 3.43. The summed E-state index contributed by atoms with van der Waals surface area (Å²) in [7, 11) is 0. The second-order valence-electron chi connectivity index (χ2n) is 4.57. The fourth-order valence-corrected chi connectivity index (χ4v) is 3.10. The van der Waals surface area contributed by atoms with Gasteiger partial charge in [0.05, 0.1) is 13.2 Å². The van der Waals surface area contributed by atoms with E-state index in [1.54, 1.807) is 0 Å². The van der Waals surface area contributed by atoms with E-state index in [2.05, 4.69) is 4.90 Å². The first-order valence-electron chi connectivity index (χ1n) is 5.25. The van der Waals surface area contributed by atoms with Gasteiger partial charge in [-0.25, -0.2) is 0 Å². The van der Waals surface area contributed by atoms with Crippen molar-refractivity contribution >= 4 is 0 Å². The van der Waals surface area contributed by atoms with E-state index in [0.717, 1.165) is 19.6 Å². The maximum Gasteiger partial charge on any atom is 0.0558 e.